The molecule has 0 spiro atoms. The molecule has 1 fully saturated rings. The van der Waals surface area contributed by atoms with Gasteiger partial charge in [0.25, 0.3) is 0 Å². The molecule has 1 N–H and O–H groups in total. The van der Waals surface area contributed by atoms with Crippen LogP contribution in [-0.2, 0) is 4.74 Å². The van der Waals surface area contributed by atoms with Crippen molar-refractivity contribution in [3.8, 4) is 0 Å². The first-order valence-electron chi connectivity index (χ1n) is 8.11. The molecular weight excluding hydrogens is 262 g/mol. The van der Waals surface area contributed by atoms with Crippen molar-refractivity contribution in [1.82, 2.24) is 4.90 Å². The van der Waals surface area contributed by atoms with Crippen LogP contribution < -0.4 is 0 Å². The highest BCUT2D eigenvalue weighted by atomic mass is 16.5. The van der Waals surface area contributed by atoms with Crippen LogP contribution in [0.4, 0.5) is 0 Å². The third-order valence-corrected chi connectivity index (χ3v) is 4.37. The highest BCUT2D eigenvalue weighted by molar-refractivity contribution is 5.29. The van der Waals surface area contributed by atoms with Gasteiger partial charge in [-0.2, -0.15) is 0 Å². The number of aryl methyl sites for hydroxylation is 2. The lowest BCUT2D eigenvalue weighted by molar-refractivity contribution is -0.0591. The lowest BCUT2D eigenvalue weighted by atomic mass is 10.0. The second-order valence-electron chi connectivity index (χ2n) is 6.43. The maximum Gasteiger partial charge on any atom is 0.0802 e. The van der Waals surface area contributed by atoms with Crippen molar-refractivity contribution in [2.75, 3.05) is 19.7 Å². The largest absolute Gasteiger partial charge is 0.388 e. The molecule has 1 aliphatic heterocycles. The topological polar surface area (TPSA) is 32.7 Å². The zero-order valence-corrected chi connectivity index (χ0v) is 13.8. The van der Waals surface area contributed by atoms with E-state index in [2.05, 4.69) is 50.8 Å². The second-order valence-corrected chi connectivity index (χ2v) is 6.43. The average molecular weight is 291 g/mol. The Morgan fingerprint density at radius 2 is 1.95 bits per heavy atom. The Labute approximate surface area is 128 Å². The van der Waals surface area contributed by atoms with Crippen LogP contribution in [0.2, 0.25) is 0 Å². The molecule has 118 valence electrons. The quantitative estimate of drug-likeness (QED) is 0.904. The van der Waals surface area contributed by atoms with E-state index in [9.17, 15) is 5.11 Å². The van der Waals surface area contributed by atoms with Crippen molar-refractivity contribution in [3.63, 3.8) is 0 Å². The summed E-state index contributed by atoms with van der Waals surface area (Å²) in [6, 6.07) is 6.83. The summed E-state index contributed by atoms with van der Waals surface area (Å²) in [6.45, 7) is 11.2. The van der Waals surface area contributed by atoms with Gasteiger partial charge in [-0.05, 0) is 39.2 Å². The van der Waals surface area contributed by atoms with Gasteiger partial charge in [0.2, 0.25) is 0 Å². The van der Waals surface area contributed by atoms with Gasteiger partial charge in [0.05, 0.1) is 18.8 Å². The van der Waals surface area contributed by atoms with Gasteiger partial charge in [-0.25, -0.2) is 0 Å². The standard InChI is InChI=1S/C18H29NO2/c1-5-17-12-21-15(4)11-19(17)7-6-18(20)16-9-13(2)8-14(3)10-16/h8-10,15,17-18,20H,5-7,11-12H2,1-4H3. The predicted octanol–water partition coefficient (Wildman–Crippen LogP) is 3.23. The van der Waals surface area contributed by atoms with Gasteiger partial charge in [0.1, 0.15) is 0 Å². The first kappa shape index (κ1) is 16.5. The van der Waals surface area contributed by atoms with Crippen molar-refractivity contribution in [1.29, 1.82) is 0 Å². The lowest BCUT2D eigenvalue weighted by Crippen LogP contribution is -2.48. The van der Waals surface area contributed by atoms with Crippen molar-refractivity contribution >= 4 is 0 Å². The molecule has 3 nitrogen and oxygen atoms in total. The summed E-state index contributed by atoms with van der Waals surface area (Å²) in [4.78, 5) is 2.47. The van der Waals surface area contributed by atoms with Crippen LogP contribution in [-0.4, -0.2) is 41.8 Å². The summed E-state index contributed by atoms with van der Waals surface area (Å²) in [5.74, 6) is 0. The first-order valence-corrected chi connectivity index (χ1v) is 8.11. The fourth-order valence-corrected chi connectivity index (χ4v) is 3.22. The molecule has 0 saturated carbocycles. The first-order chi connectivity index (χ1) is 9.99. The van der Waals surface area contributed by atoms with Crippen LogP contribution in [0.3, 0.4) is 0 Å². The van der Waals surface area contributed by atoms with Crippen LogP contribution in [0.15, 0.2) is 18.2 Å². The Bertz CT molecular complexity index is 440. The predicted molar refractivity (Wildman–Crippen MR) is 86.6 cm³/mol. The highest BCUT2D eigenvalue weighted by Crippen LogP contribution is 2.22. The minimum absolute atomic E-state index is 0.297. The van der Waals surface area contributed by atoms with Crippen LogP contribution in [0.25, 0.3) is 0 Å². The average Bonchev–Trinajstić information content (AvgIpc) is 2.43. The molecule has 0 radical (unpaired) electrons. The number of nitrogens with zero attached hydrogens (tertiary/aromatic N) is 1. The monoisotopic (exact) mass is 291 g/mol. The molecule has 3 atom stereocenters. The van der Waals surface area contributed by atoms with Crippen LogP contribution in [0.1, 0.15) is 49.5 Å². The van der Waals surface area contributed by atoms with Gasteiger partial charge in [0, 0.05) is 19.1 Å². The van der Waals surface area contributed by atoms with Gasteiger partial charge in [0.15, 0.2) is 0 Å². The number of rotatable bonds is 5. The van der Waals surface area contributed by atoms with E-state index in [0.717, 1.165) is 38.1 Å². The van der Waals surface area contributed by atoms with E-state index >= 15 is 0 Å². The molecule has 1 aliphatic rings. The molecular formula is C18H29NO2. The smallest absolute Gasteiger partial charge is 0.0802 e. The van der Waals surface area contributed by atoms with Gasteiger partial charge in [-0.15, -0.1) is 0 Å². The molecule has 0 bridgehead atoms. The van der Waals surface area contributed by atoms with Gasteiger partial charge in [-0.3, -0.25) is 4.90 Å². The molecule has 1 saturated heterocycles. The van der Waals surface area contributed by atoms with Crippen LogP contribution >= 0.6 is 0 Å². The van der Waals surface area contributed by atoms with Gasteiger partial charge < -0.3 is 9.84 Å². The van der Waals surface area contributed by atoms with E-state index in [1.807, 2.05) is 0 Å². The summed E-state index contributed by atoms with van der Waals surface area (Å²) < 4.78 is 5.73. The van der Waals surface area contributed by atoms with E-state index in [0.29, 0.717) is 12.1 Å². The molecule has 0 aliphatic carbocycles. The number of hydrogen-bond acceptors (Lipinski definition) is 3. The van der Waals surface area contributed by atoms with Crippen LogP contribution in [0, 0.1) is 13.8 Å². The molecule has 2 rings (SSSR count). The van der Waals surface area contributed by atoms with Crippen molar-refractivity contribution in [2.24, 2.45) is 0 Å². The van der Waals surface area contributed by atoms with Crippen molar-refractivity contribution in [3.05, 3.63) is 34.9 Å². The Morgan fingerprint density at radius 1 is 1.29 bits per heavy atom. The summed E-state index contributed by atoms with van der Waals surface area (Å²) in [5.41, 5.74) is 3.48. The zero-order valence-electron chi connectivity index (χ0n) is 13.8. The van der Waals surface area contributed by atoms with Crippen LogP contribution in [0.5, 0.6) is 0 Å². The maximum atomic E-state index is 10.5. The van der Waals surface area contributed by atoms with E-state index in [-0.39, 0.29) is 6.10 Å². The maximum absolute atomic E-state index is 10.5. The number of morpholine rings is 1. The van der Waals surface area contributed by atoms with E-state index in [4.69, 9.17) is 4.74 Å². The molecule has 0 aromatic heterocycles. The fraction of sp³-hybridized carbons (Fsp3) is 0.667. The summed E-state index contributed by atoms with van der Waals surface area (Å²) in [6.07, 6.45) is 1.81. The number of benzene rings is 1. The fourth-order valence-electron chi connectivity index (χ4n) is 3.22. The number of aliphatic hydroxyl groups is 1. The molecule has 21 heavy (non-hydrogen) atoms. The van der Waals surface area contributed by atoms with E-state index in [1.54, 1.807) is 0 Å². The minimum atomic E-state index is -0.376. The molecule has 3 heteroatoms. The highest BCUT2D eigenvalue weighted by Gasteiger charge is 2.25. The van der Waals surface area contributed by atoms with E-state index in [1.165, 1.54) is 11.1 Å². The number of ether oxygens (including phenoxy) is 1. The molecule has 1 aromatic rings. The third kappa shape index (κ3) is 4.53. The Kier molecular flexibility index (Phi) is 5.80. The summed E-state index contributed by atoms with van der Waals surface area (Å²) in [7, 11) is 0. The normalized spacial score (nSPS) is 25.0. The molecule has 1 heterocycles. The zero-order chi connectivity index (χ0) is 15.4. The summed E-state index contributed by atoms with van der Waals surface area (Å²) in [5, 5.41) is 10.5. The third-order valence-electron chi connectivity index (χ3n) is 4.37. The second kappa shape index (κ2) is 7.39. The lowest BCUT2D eigenvalue weighted by Gasteiger charge is -2.38. The number of hydrogen-bond donors (Lipinski definition) is 1. The Hall–Kier alpha value is -0.900. The minimum Gasteiger partial charge on any atom is -0.388 e. The van der Waals surface area contributed by atoms with Crippen molar-refractivity contribution in [2.45, 2.75) is 58.8 Å². The van der Waals surface area contributed by atoms with E-state index < -0.39 is 0 Å². The molecule has 3 unspecified atom stereocenters. The Balaban J connectivity index is 1.94. The van der Waals surface area contributed by atoms with Gasteiger partial charge in [-0.1, -0.05) is 36.2 Å². The SMILES string of the molecule is CCC1COC(C)CN1CCC(O)c1cc(C)cc(C)c1. The number of aliphatic hydroxyl groups excluding tert-OH is 1. The summed E-state index contributed by atoms with van der Waals surface area (Å²) >= 11 is 0. The molecule has 1 aromatic carbocycles. The Morgan fingerprint density at radius 3 is 2.57 bits per heavy atom. The van der Waals surface area contributed by atoms with Gasteiger partial charge >= 0.3 is 0 Å². The molecule has 0 amide bonds. The van der Waals surface area contributed by atoms with Crippen molar-refractivity contribution < 1.29 is 9.84 Å².